The number of hydrogen-bond acceptors (Lipinski definition) is 5. The number of nitrogens with one attached hydrogen (secondary N) is 1. The van der Waals surface area contributed by atoms with Crippen molar-refractivity contribution >= 4 is 0 Å². The van der Waals surface area contributed by atoms with Crippen molar-refractivity contribution in [1.29, 1.82) is 0 Å². The van der Waals surface area contributed by atoms with Crippen LogP contribution in [0.1, 0.15) is 19.8 Å². The fraction of sp³-hybridized carbons (Fsp3) is 1.00. The van der Waals surface area contributed by atoms with Gasteiger partial charge >= 0.3 is 0 Å². The van der Waals surface area contributed by atoms with Crippen LogP contribution in [-0.4, -0.2) is 75.8 Å². The first-order valence-corrected chi connectivity index (χ1v) is 7.29. The summed E-state index contributed by atoms with van der Waals surface area (Å²) in [5, 5.41) is 13.4. The van der Waals surface area contributed by atoms with Gasteiger partial charge in [-0.15, -0.1) is 0 Å². The van der Waals surface area contributed by atoms with E-state index >= 15 is 0 Å². The highest BCUT2D eigenvalue weighted by atomic mass is 16.5. The van der Waals surface area contributed by atoms with Crippen LogP contribution in [0.15, 0.2) is 0 Å². The van der Waals surface area contributed by atoms with Gasteiger partial charge < -0.3 is 24.8 Å². The summed E-state index contributed by atoms with van der Waals surface area (Å²) in [5.41, 5.74) is 0. The van der Waals surface area contributed by atoms with Gasteiger partial charge in [-0.05, 0) is 45.8 Å². The summed E-state index contributed by atoms with van der Waals surface area (Å²) in [5.74, 6) is 0.708. The highest BCUT2D eigenvalue weighted by Crippen LogP contribution is 2.11. The molecule has 1 aliphatic heterocycles. The third kappa shape index (κ3) is 7.84. The van der Waals surface area contributed by atoms with E-state index in [1.165, 1.54) is 12.8 Å². The second kappa shape index (κ2) is 9.66. The van der Waals surface area contributed by atoms with Gasteiger partial charge in [0, 0.05) is 20.2 Å². The molecule has 0 amide bonds. The van der Waals surface area contributed by atoms with E-state index in [0.29, 0.717) is 25.7 Å². The maximum atomic E-state index is 9.94. The van der Waals surface area contributed by atoms with E-state index in [1.807, 2.05) is 6.92 Å². The van der Waals surface area contributed by atoms with Crippen LogP contribution in [0.5, 0.6) is 0 Å². The Morgan fingerprint density at radius 3 is 2.84 bits per heavy atom. The number of methoxy groups -OCH3 is 1. The van der Waals surface area contributed by atoms with Crippen molar-refractivity contribution in [2.75, 3.05) is 53.6 Å². The predicted molar refractivity (Wildman–Crippen MR) is 76.4 cm³/mol. The molecule has 5 heteroatoms. The van der Waals surface area contributed by atoms with Crippen molar-refractivity contribution in [3.05, 3.63) is 0 Å². The molecule has 5 nitrogen and oxygen atoms in total. The van der Waals surface area contributed by atoms with Crippen molar-refractivity contribution in [1.82, 2.24) is 10.2 Å². The smallest absolute Gasteiger partial charge is 0.0900 e. The number of ether oxygens (including phenoxy) is 2. The van der Waals surface area contributed by atoms with E-state index < -0.39 is 6.10 Å². The number of rotatable bonds is 9. The van der Waals surface area contributed by atoms with E-state index in [2.05, 4.69) is 17.3 Å². The molecule has 1 aliphatic rings. The first-order valence-electron chi connectivity index (χ1n) is 7.29. The number of piperidine rings is 1. The molecule has 0 aromatic heterocycles. The van der Waals surface area contributed by atoms with Gasteiger partial charge in [-0.2, -0.15) is 0 Å². The Hall–Kier alpha value is -0.200. The predicted octanol–water partition coefficient (Wildman–Crippen LogP) is 0.330. The highest BCUT2D eigenvalue weighted by Gasteiger charge is 2.17. The normalized spacial score (nSPS) is 23.5. The van der Waals surface area contributed by atoms with Crippen LogP contribution in [-0.2, 0) is 9.47 Å². The minimum Gasteiger partial charge on any atom is -0.389 e. The van der Waals surface area contributed by atoms with Crippen molar-refractivity contribution in [2.45, 2.75) is 32.0 Å². The van der Waals surface area contributed by atoms with Crippen LogP contribution in [0, 0.1) is 5.92 Å². The number of hydrogen-bond donors (Lipinski definition) is 2. The maximum Gasteiger partial charge on any atom is 0.0900 e. The summed E-state index contributed by atoms with van der Waals surface area (Å²) in [7, 11) is 3.72. The van der Waals surface area contributed by atoms with Crippen molar-refractivity contribution in [3.8, 4) is 0 Å². The SMILES string of the molecule is COCC(C)OCC(O)CN(C)CC1CCCNC1. The standard InChI is InChI=1S/C14H30N2O3/c1-12(10-18-3)19-11-14(17)9-16(2)8-13-5-4-6-15-7-13/h12-15,17H,4-11H2,1-3H3. The van der Waals surface area contributed by atoms with Crippen LogP contribution in [0.4, 0.5) is 0 Å². The van der Waals surface area contributed by atoms with E-state index in [1.54, 1.807) is 7.11 Å². The Morgan fingerprint density at radius 2 is 2.21 bits per heavy atom. The lowest BCUT2D eigenvalue weighted by molar-refractivity contribution is -0.0389. The van der Waals surface area contributed by atoms with Crippen molar-refractivity contribution < 1.29 is 14.6 Å². The summed E-state index contributed by atoms with van der Waals surface area (Å²) in [6.07, 6.45) is 2.15. The van der Waals surface area contributed by atoms with E-state index in [-0.39, 0.29) is 6.10 Å². The van der Waals surface area contributed by atoms with Gasteiger partial charge in [0.2, 0.25) is 0 Å². The first-order chi connectivity index (χ1) is 9.11. The molecule has 0 spiro atoms. The van der Waals surface area contributed by atoms with E-state index in [9.17, 15) is 5.11 Å². The Balaban J connectivity index is 2.10. The van der Waals surface area contributed by atoms with Gasteiger partial charge in [0.25, 0.3) is 0 Å². The molecule has 2 N–H and O–H groups in total. The third-order valence-electron chi connectivity index (χ3n) is 3.47. The molecule has 1 heterocycles. The average molecular weight is 274 g/mol. The lowest BCUT2D eigenvalue weighted by Crippen LogP contribution is -2.40. The van der Waals surface area contributed by atoms with Gasteiger partial charge in [0.15, 0.2) is 0 Å². The Kier molecular flexibility index (Phi) is 8.57. The van der Waals surface area contributed by atoms with Crippen molar-refractivity contribution in [3.63, 3.8) is 0 Å². The van der Waals surface area contributed by atoms with Gasteiger partial charge in [-0.25, -0.2) is 0 Å². The minimum absolute atomic E-state index is 0.0347. The van der Waals surface area contributed by atoms with Gasteiger partial charge in [-0.1, -0.05) is 0 Å². The average Bonchev–Trinajstić information content (AvgIpc) is 2.38. The quantitative estimate of drug-likeness (QED) is 0.635. The van der Waals surface area contributed by atoms with Crippen LogP contribution in [0.2, 0.25) is 0 Å². The van der Waals surface area contributed by atoms with Gasteiger partial charge in [-0.3, -0.25) is 0 Å². The molecule has 0 bridgehead atoms. The zero-order chi connectivity index (χ0) is 14.1. The third-order valence-corrected chi connectivity index (χ3v) is 3.47. The molecule has 0 aromatic rings. The second-order valence-electron chi connectivity index (χ2n) is 5.69. The second-order valence-corrected chi connectivity index (χ2v) is 5.69. The molecule has 0 aliphatic carbocycles. The Labute approximate surface area is 117 Å². The fourth-order valence-corrected chi connectivity index (χ4v) is 2.57. The van der Waals surface area contributed by atoms with Crippen LogP contribution < -0.4 is 5.32 Å². The Bertz CT molecular complexity index is 223. The summed E-state index contributed by atoms with van der Waals surface area (Å²) in [6, 6.07) is 0. The Morgan fingerprint density at radius 1 is 1.42 bits per heavy atom. The minimum atomic E-state index is -0.430. The number of aliphatic hydroxyl groups is 1. The molecule has 0 radical (unpaired) electrons. The maximum absolute atomic E-state index is 9.94. The van der Waals surface area contributed by atoms with Gasteiger partial charge in [0.05, 0.1) is 25.4 Å². The summed E-state index contributed by atoms with van der Waals surface area (Å²) in [4.78, 5) is 2.20. The lowest BCUT2D eigenvalue weighted by atomic mass is 9.99. The number of nitrogens with zero attached hydrogens (tertiary/aromatic N) is 1. The van der Waals surface area contributed by atoms with Gasteiger partial charge in [0.1, 0.15) is 0 Å². The first kappa shape index (κ1) is 16.9. The largest absolute Gasteiger partial charge is 0.389 e. The van der Waals surface area contributed by atoms with Crippen LogP contribution >= 0.6 is 0 Å². The molecule has 1 fully saturated rings. The molecule has 0 aromatic carbocycles. The zero-order valence-corrected chi connectivity index (χ0v) is 12.6. The lowest BCUT2D eigenvalue weighted by Gasteiger charge is -2.29. The molecule has 1 rings (SSSR count). The van der Waals surface area contributed by atoms with Crippen LogP contribution in [0.3, 0.4) is 0 Å². The topological polar surface area (TPSA) is 54.0 Å². The molecular formula is C14H30N2O3. The zero-order valence-electron chi connectivity index (χ0n) is 12.6. The molecular weight excluding hydrogens is 244 g/mol. The molecule has 0 saturated carbocycles. The van der Waals surface area contributed by atoms with E-state index in [0.717, 1.165) is 19.6 Å². The molecule has 3 atom stereocenters. The van der Waals surface area contributed by atoms with Crippen molar-refractivity contribution in [2.24, 2.45) is 5.92 Å². The number of likely N-dealkylation sites (N-methyl/N-ethyl adjacent to an activating group) is 1. The summed E-state index contributed by atoms with van der Waals surface area (Å²) in [6.45, 7) is 6.84. The van der Waals surface area contributed by atoms with Crippen LogP contribution in [0.25, 0.3) is 0 Å². The summed E-state index contributed by atoms with van der Waals surface area (Å²) < 4.78 is 10.5. The monoisotopic (exact) mass is 274 g/mol. The summed E-state index contributed by atoms with van der Waals surface area (Å²) >= 11 is 0. The number of aliphatic hydroxyl groups excluding tert-OH is 1. The molecule has 3 unspecified atom stereocenters. The molecule has 1 saturated heterocycles. The molecule has 19 heavy (non-hydrogen) atoms. The van der Waals surface area contributed by atoms with E-state index in [4.69, 9.17) is 9.47 Å². The molecule has 114 valence electrons. The highest BCUT2D eigenvalue weighted by molar-refractivity contribution is 4.73. The fourth-order valence-electron chi connectivity index (χ4n) is 2.57.